The molecule has 0 aromatic heterocycles. The maximum atomic E-state index is 11.0. The first-order valence-corrected chi connectivity index (χ1v) is 6.31. The Labute approximate surface area is 89.1 Å². The minimum Gasteiger partial charge on any atom is -0.282 e. The highest BCUT2D eigenvalue weighted by Gasteiger charge is 2.09. The maximum Gasteiger partial charge on any atom is 0.229 e. The third-order valence-corrected chi connectivity index (χ3v) is 2.59. The standard InChI is InChI=1S/C9H12ClNO2S/c1-6-4-7(2)9(8(10)5-6)11-14(3,12)13/h4-5,11H,1-3H3. The Hall–Kier alpha value is -0.740. The van der Waals surface area contributed by atoms with Crippen molar-refractivity contribution in [1.82, 2.24) is 0 Å². The smallest absolute Gasteiger partial charge is 0.229 e. The number of hydrogen-bond donors (Lipinski definition) is 1. The lowest BCUT2D eigenvalue weighted by Crippen LogP contribution is -2.11. The van der Waals surface area contributed by atoms with Crippen LogP contribution in [0, 0.1) is 13.8 Å². The van der Waals surface area contributed by atoms with E-state index in [1.165, 1.54) is 0 Å². The molecule has 0 atom stereocenters. The highest BCUT2D eigenvalue weighted by molar-refractivity contribution is 7.92. The van der Waals surface area contributed by atoms with Crippen LogP contribution in [0.5, 0.6) is 0 Å². The van der Waals surface area contributed by atoms with Crippen LogP contribution in [-0.2, 0) is 10.0 Å². The molecule has 1 aromatic rings. The number of rotatable bonds is 2. The van der Waals surface area contributed by atoms with Gasteiger partial charge < -0.3 is 0 Å². The molecule has 0 saturated carbocycles. The number of aryl methyl sites for hydroxylation is 2. The topological polar surface area (TPSA) is 46.2 Å². The molecule has 0 spiro atoms. The van der Waals surface area contributed by atoms with Crippen LogP contribution in [0.25, 0.3) is 0 Å². The van der Waals surface area contributed by atoms with Crippen LogP contribution in [-0.4, -0.2) is 14.7 Å². The maximum absolute atomic E-state index is 11.0. The van der Waals surface area contributed by atoms with E-state index in [1.54, 1.807) is 6.07 Å². The highest BCUT2D eigenvalue weighted by atomic mass is 35.5. The van der Waals surface area contributed by atoms with Gasteiger partial charge in [-0.25, -0.2) is 8.42 Å². The molecule has 14 heavy (non-hydrogen) atoms. The molecule has 0 unspecified atom stereocenters. The van der Waals surface area contributed by atoms with Gasteiger partial charge in [0, 0.05) is 0 Å². The Morgan fingerprint density at radius 3 is 2.29 bits per heavy atom. The lowest BCUT2D eigenvalue weighted by Gasteiger charge is -2.10. The number of anilines is 1. The summed E-state index contributed by atoms with van der Waals surface area (Å²) in [5, 5.41) is 0.424. The van der Waals surface area contributed by atoms with Crippen molar-refractivity contribution in [1.29, 1.82) is 0 Å². The summed E-state index contributed by atoms with van der Waals surface area (Å²) in [5.41, 5.74) is 2.28. The predicted molar refractivity (Wildman–Crippen MR) is 59.4 cm³/mol. The van der Waals surface area contributed by atoms with E-state index in [9.17, 15) is 8.42 Å². The van der Waals surface area contributed by atoms with Crippen LogP contribution in [0.4, 0.5) is 5.69 Å². The summed E-state index contributed by atoms with van der Waals surface area (Å²) in [7, 11) is -3.27. The highest BCUT2D eigenvalue weighted by Crippen LogP contribution is 2.27. The summed E-state index contributed by atoms with van der Waals surface area (Å²) >= 11 is 5.91. The predicted octanol–water partition coefficient (Wildman–Crippen LogP) is 2.33. The lowest BCUT2D eigenvalue weighted by atomic mass is 10.1. The molecule has 0 bridgehead atoms. The van der Waals surface area contributed by atoms with E-state index in [0.717, 1.165) is 17.4 Å². The van der Waals surface area contributed by atoms with Gasteiger partial charge in [-0.15, -0.1) is 0 Å². The molecular formula is C9H12ClNO2S. The second-order valence-corrected chi connectivity index (χ2v) is 5.47. The molecule has 0 fully saturated rings. The van der Waals surface area contributed by atoms with Crippen molar-refractivity contribution in [2.75, 3.05) is 11.0 Å². The molecule has 3 nitrogen and oxygen atoms in total. The fourth-order valence-corrected chi connectivity index (χ4v) is 2.30. The molecule has 5 heteroatoms. The van der Waals surface area contributed by atoms with Gasteiger partial charge in [0.15, 0.2) is 0 Å². The summed E-state index contributed by atoms with van der Waals surface area (Å²) in [4.78, 5) is 0. The van der Waals surface area contributed by atoms with Crippen molar-refractivity contribution in [3.05, 3.63) is 28.3 Å². The number of sulfonamides is 1. The molecule has 1 rings (SSSR count). The molecule has 1 aromatic carbocycles. The van der Waals surface area contributed by atoms with Crippen LogP contribution >= 0.6 is 11.6 Å². The molecule has 0 aliphatic heterocycles. The van der Waals surface area contributed by atoms with Gasteiger partial charge in [-0.1, -0.05) is 17.7 Å². The van der Waals surface area contributed by atoms with Gasteiger partial charge in [-0.2, -0.15) is 0 Å². The summed E-state index contributed by atoms with van der Waals surface area (Å²) in [6.07, 6.45) is 1.10. The third-order valence-electron chi connectivity index (χ3n) is 1.72. The number of benzene rings is 1. The third kappa shape index (κ3) is 2.89. The van der Waals surface area contributed by atoms with E-state index in [2.05, 4.69) is 4.72 Å². The van der Waals surface area contributed by atoms with Gasteiger partial charge in [0.25, 0.3) is 0 Å². The van der Waals surface area contributed by atoms with Gasteiger partial charge in [-0.05, 0) is 31.0 Å². The van der Waals surface area contributed by atoms with Gasteiger partial charge in [0.2, 0.25) is 10.0 Å². The van der Waals surface area contributed by atoms with E-state index in [1.807, 2.05) is 19.9 Å². The minimum absolute atomic E-state index is 0.424. The molecule has 0 radical (unpaired) electrons. The molecule has 0 aliphatic carbocycles. The van der Waals surface area contributed by atoms with E-state index in [0.29, 0.717) is 10.7 Å². The monoisotopic (exact) mass is 233 g/mol. The zero-order valence-electron chi connectivity index (χ0n) is 8.26. The van der Waals surface area contributed by atoms with E-state index in [4.69, 9.17) is 11.6 Å². The molecule has 0 heterocycles. The van der Waals surface area contributed by atoms with Gasteiger partial charge in [0.05, 0.1) is 17.0 Å². The van der Waals surface area contributed by atoms with Crippen LogP contribution in [0.15, 0.2) is 12.1 Å². The normalized spacial score (nSPS) is 11.4. The molecule has 1 N–H and O–H groups in total. The molecule has 0 amide bonds. The van der Waals surface area contributed by atoms with E-state index < -0.39 is 10.0 Å². The largest absolute Gasteiger partial charge is 0.282 e. The van der Waals surface area contributed by atoms with Crippen LogP contribution in [0.1, 0.15) is 11.1 Å². The first kappa shape index (κ1) is 11.3. The van der Waals surface area contributed by atoms with Gasteiger partial charge in [-0.3, -0.25) is 4.72 Å². The Balaban J connectivity index is 3.22. The molecular weight excluding hydrogens is 222 g/mol. The van der Waals surface area contributed by atoms with E-state index >= 15 is 0 Å². The van der Waals surface area contributed by atoms with Crippen molar-refractivity contribution >= 4 is 27.3 Å². The number of hydrogen-bond acceptors (Lipinski definition) is 2. The minimum atomic E-state index is -3.27. The van der Waals surface area contributed by atoms with Crippen molar-refractivity contribution < 1.29 is 8.42 Å². The molecule has 78 valence electrons. The van der Waals surface area contributed by atoms with Crippen LogP contribution in [0.2, 0.25) is 5.02 Å². The molecule has 0 saturated heterocycles. The summed E-state index contributed by atoms with van der Waals surface area (Å²) in [5.74, 6) is 0. The first-order valence-electron chi connectivity index (χ1n) is 4.04. The van der Waals surface area contributed by atoms with Gasteiger partial charge >= 0.3 is 0 Å². The average Bonchev–Trinajstić information content (AvgIpc) is 1.95. The Bertz CT molecular complexity index is 431. The summed E-state index contributed by atoms with van der Waals surface area (Å²) in [6.45, 7) is 3.72. The first-order chi connectivity index (χ1) is 6.29. The van der Waals surface area contributed by atoms with Gasteiger partial charge in [0.1, 0.15) is 0 Å². The fourth-order valence-electron chi connectivity index (χ4n) is 1.23. The SMILES string of the molecule is Cc1cc(C)c(NS(C)(=O)=O)c(Cl)c1. The summed E-state index contributed by atoms with van der Waals surface area (Å²) < 4.78 is 24.4. The lowest BCUT2D eigenvalue weighted by molar-refractivity contribution is 0.607. The van der Waals surface area contributed by atoms with Crippen molar-refractivity contribution in [3.8, 4) is 0 Å². The summed E-state index contributed by atoms with van der Waals surface area (Å²) in [6, 6.07) is 3.60. The quantitative estimate of drug-likeness (QED) is 0.852. The second-order valence-electron chi connectivity index (χ2n) is 3.31. The van der Waals surface area contributed by atoms with Crippen molar-refractivity contribution in [2.45, 2.75) is 13.8 Å². The van der Waals surface area contributed by atoms with E-state index in [-0.39, 0.29) is 0 Å². The number of halogens is 1. The zero-order chi connectivity index (χ0) is 10.9. The Morgan fingerprint density at radius 2 is 1.86 bits per heavy atom. The zero-order valence-corrected chi connectivity index (χ0v) is 9.83. The fraction of sp³-hybridized carbons (Fsp3) is 0.333. The molecule has 0 aliphatic rings. The van der Waals surface area contributed by atoms with Crippen molar-refractivity contribution in [3.63, 3.8) is 0 Å². The van der Waals surface area contributed by atoms with Crippen LogP contribution < -0.4 is 4.72 Å². The second kappa shape index (κ2) is 3.79. The Morgan fingerprint density at radius 1 is 1.29 bits per heavy atom. The average molecular weight is 234 g/mol. The van der Waals surface area contributed by atoms with Crippen molar-refractivity contribution in [2.24, 2.45) is 0 Å². The van der Waals surface area contributed by atoms with Crippen LogP contribution in [0.3, 0.4) is 0 Å². The Kier molecular flexibility index (Phi) is 3.07. The number of nitrogens with one attached hydrogen (secondary N) is 1.